The highest BCUT2D eigenvalue weighted by molar-refractivity contribution is 5.71. The Morgan fingerprint density at radius 2 is 0.672 bits per heavy atom. The fourth-order valence-corrected chi connectivity index (χ4v) is 5.64. The average molecular weight is 877 g/mol. The Balaban J connectivity index is 4.67. The number of unbranched alkanes of at least 4 members (excludes halogenated alkanes) is 8. The Kier molecular flexibility index (Phi) is 46.3. The number of hydrogen-bond donors (Lipinski definition) is 0. The maximum Gasteiger partial charge on any atom is 0.306 e. The van der Waals surface area contributed by atoms with Crippen LogP contribution in [0.3, 0.4) is 0 Å². The second kappa shape index (κ2) is 50.4. The average Bonchev–Trinajstić information content (AvgIpc) is 3.29. The van der Waals surface area contributed by atoms with Gasteiger partial charge in [-0.2, -0.15) is 0 Å². The van der Waals surface area contributed by atoms with Crippen LogP contribution >= 0.6 is 0 Å². The van der Waals surface area contributed by atoms with Gasteiger partial charge in [0.05, 0.1) is 0 Å². The topological polar surface area (TPSA) is 78.9 Å². The zero-order valence-electron chi connectivity index (χ0n) is 40.0. The molecule has 0 amide bonds. The maximum atomic E-state index is 12.7. The molecular weight excluding hydrogens is 793 g/mol. The molecule has 0 radical (unpaired) electrons. The summed E-state index contributed by atoms with van der Waals surface area (Å²) >= 11 is 0. The van der Waals surface area contributed by atoms with Crippen molar-refractivity contribution in [1.29, 1.82) is 0 Å². The van der Waals surface area contributed by atoms with Gasteiger partial charge >= 0.3 is 17.9 Å². The largest absolute Gasteiger partial charge is 0.462 e. The highest BCUT2D eigenvalue weighted by Gasteiger charge is 2.19. The van der Waals surface area contributed by atoms with E-state index in [2.05, 4.69) is 112 Å². The molecule has 1 atom stereocenters. The first-order chi connectivity index (χ1) is 31.5. The Labute approximate surface area is 390 Å². The van der Waals surface area contributed by atoms with Gasteiger partial charge in [0.15, 0.2) is 6.10 Å². The smallest absolute Gasteiger partial charge is 0.306 e. The Hall–Kier alpha value is -5.23. The number of rotatable bonds is 40. The number of allylic oxidation sites excluding steroid dienone is 28. The van der Waals surface area contributed by atoms with Gasteiger partial charge in [-0.25, -0.2) is 0 Å². The van der Waals surface area contributed by atoms with E-state index in [-0.39, 0.29) is 38.0 Å². The summed E-state index contributed by atoms with van der Waals surface area (Å²) < 4.78 is 16.6. The van der Waals surface area contributed by atoms with Crippen molar-refractivity contribution in [1.82, 2.24) is 0 Å². The van der Waals surface area contributed by atoms with E-state index in [4.69, 9.17) is 14.2 Å². The molecule has 6 heteroatoms. The van der Waals surface area contributed by atoms with Crippen molar-refractivity contribution >= 4 is 17.9 Å². The molecule has 0 fully saturated rings. The van der Waals surface area contributed by atoms with Crippen LogP contribution in [-0.2, 0) is 28.6 Å². The summed E-state index contributed by atoms with van der Waals surface area (Å²) in [6, 6.07) is 0. The Morgan fingerprint density at radius 1 is 0.328 bits per heavy atom. The summed E-state index contributed by atoms with van der Waals surface area (Å²) in [7, 11) is 0. The standard InChI is InChI=1S/C58H84O6/c1-4-7-10-13-16-19-22-25-27-29-31-33-36-39-42-45-48-51-57(60)63-54-55(53-62-56(59)50-47-44-41-38-35-32-24-21-18-15-12-9-6-3)64-58(61)52-49-46-43-40-37-34-30-28-26-23-20-17-14-11-8-5-2/h7-13,15-22,24-29,31,33-34,36-37,43,46,55H,4-6,14,23,30,32,35,38-42,44-45,47-54H2,1-3H3/b10-7-,11-8-,12-9-,16-13-,18-15-,20-17-,22-19-,24-21-,27-25-,28-26-,31-29+,36-33-,37-34-,46-43-. The molecule has 0 aromatic rings. The first kappa shape index (κ1) is 58.8. The molecule has 0 aromatic heterocycles. The predicted molar refractivity (Wildman–Crippen MR) is 274 cm³/mol. The summed E-state index contributed by atoms with van der Waals surface area (Å²) in [5.74, 6) is -1.11. The lowest BCUT2D eigenvalue weighted by atomic mass is 10.1. The molecular formula is C58H84O6. The molecule has 0 N–H and O–H groups in total. The minimum Gasteiger partial charge on any atom is -0.462 e. The van der Waals surface area contributed by atoms with Crippen LogP contribution in [0.2, 0.25) is 0 Å². The zero-order chi connectivity index (χ0) is 46.5. The molecule has 1 unspecified atom stereocenters. The molecule has 64 heavy (non-hydrogen) atoms. The molecule has 0 rings (SSSR count). The first-order valence-corrected chi connectivity index (χ1v) is 24.3. The van der Waals surface area contributed by atoms with Crippen molar-refractivity contribution in [3.05, 3.63) is 170 Å². The van der Waals surface area contributed by atoms with Crippen LogP contribution in [0.5, 0.6) is 0 Å². The summed E-state index contributed by atoms with van der Waals surface area (Å²) in [6.45, 7) is 6.08. The quantitative estimate of drug-likeness (QED) is 0.0201. The second-order valence-corrected chi connectivity index (χ2v) is 15.1. The fraction of sp³-hybridized carbons (Fsp3) is 0.466. The second-order valence-electron chi connectivity index (χ2n) is 15.1. The van der Waals surface area contributed by atoms with Gasteiger partial charge in [0.1, 0.15) is 13.2 Å². The number of carbonyl (C=O) groups excluding carboxylic acids is 3. The first-order valence-electron chi connectivity index (χ1n) is 24.3. The summed E-state index contributed by atoms with van der Waals surface area (Å²) in [5.41, 5.74) is 0. The number of hydrogen-bond acceptors (Lipinski definition) is 6. The van der Waals surface area contributed by atoms with Gasteiger partial charge in [-0.15, -0.1) is 0 Å². The van der Waals surface area contributed by atoms with Crippen LogP contribution in [0.15, 0.2) is 170 Å². The van der Waals surface area contributed by atoms with E-state index < -0.39 is 12.1 Å². The van der Waals surface area contributed by atoms with Crippen molar-refractivity contribution in [2.75, 3.05) is 13.2 Å². The van der Waals surface area contributed by atoms with E-state index in [0.717, 1.165) is 103 Å². The molecule has 0 bridgehead atoms. The summed E-state index contributed by atoms with van der Waals surface area (Å²) in [6.07, 6.45) is 74.8. The van der Waals surface area contributed by atoms with Crippen LogP contribution in [0.4, 0.5) is 0 Å². The van der Waals surface area contributed by atoms with Crippen molar-refractivity contribution < 1.29 is 28.6 Å². The SMILES string of the molecule is CC\C=C/C=C\C=C/C=C\C=C\C=C/CCCCCC(=O)OCC(COC(=O)CCCCCCC\C=C/C=C\C=C/CC)OC(=O)CC/C=C\C/C=C\C/C=C\C/C=C\C/C=C\CC. The van der Waals surface area contributed by atoms with Crippen molar-refractivity contribution in [2.45, 2.75) is 162 Å². The van der Waals surface area contributed by atoms with E-state index >= 15 is 0 Å². The molecule has 6 nitrogen and oxygen atoms in total. The molecule has 0 aliphatic rings. The van der Waals surface area contributed by atoms with Gasteiger partial charge in [-0.05, 0) is 89.9 Å². The minimum atomic E-state index is -0.854. The molecule has 352 valence electrons. The van der Waals surface area contributed by atoms with E-state index in [1.165, 1.54) is 0 Å². The third-order valence-corrected chi connectivity index (χ3v) is 9.18. The molecule has 0 saturated carbocycles. The highest BCUT2D eigenvalue weighted by Crippen LogP contribution is 2.11. The fourth-order valence-electron chi connectivity index (χ4n) is 5.64. The lowest BCUT2D eigenvalue weighted by Crippen LogP contribution is -2.30. The summed E-state index contributed by atoms with van der Waals surface area (Å²) in [4.78, 5) is 37.9. The van der Waals surface area contributed by atoms with E-state index in [0.29, 0.717) is 19.3 Å². The van der Waals surface area contributed by atoms with Crippen molar-refractivity contribution in [3.63, 3.8) is 0 Å². The molecule has 0 aliphatic carbocycles. The molecule has 0 aliphatic heterocycles. The molecule has 0 aromatic carbocycles. The molecule has 0 spiro atoms. The third kappa shape index (κ3) is 47.8. The van der Waals surface area contributed by atoms with Crippen molar-refractivity contribution in [3.8, 4) is 0 Å². The number of esters is 3. The lowest BCUT2D eigenvalue weighted by Gasteiger charge is -2.18. The maximum absolute atomic E-state index is 12.7. The minimum absolute atomic E-state index is 0.143. The van der Waals surface area contributed by atoms with Crippen LogP contribution < -0.4 is 0 Å². The van der Waals surface area contributed by atoms with Gasteiger partial charge in [-0.3, -0.25) is 14.4 Å². The number of carbonyl (C=O) groups is 3. The third-order valence-electron chi connectivity index (χ3n) is 9.18. The molecule has 0 heterocycles. The van der Waals surface area contributed by atoms with Crippen LogP contribution in [0.25, 0.3) is 0 Å². The zero-order valence-corrected chi connectivity index (χ0v) is 40.0. The Morgan fingerprint density at radius 3 is 1.11 bits per heavy atom. The van der Waals surface area contributed by atoms with Gasteiger partial charge in [0.25, 0.3) is 0 Å². The monoisotopic (exact) mass is 877 g/mol. The van der Waals surface area contributed by atoms with E-state index in [9.17, 15) is 14.4 Å². The van der Waals surface area contributed by atoms with Gasteiger partial charge in [-0.1, -0.05) is 217 Å². The number of ether oxygens (including phenoxy) is 3. The Bertz CT molecular complexity index is 1570. The molecule has 0 saturated heterocycles. The van der Waals surface area contributed by atoms with E-state index in [1.54, 1.807) is 0 Å². The highest BCUT2D eigenvalue weighted by atomic mass is 16.6. The van der Waals surface area contributed by atoms with Gasteiger partial charge in [0, 0.05) is 19.3 Å². The van der Waals surface area contributed by atoms with Crippen LogP contribution in [0.1, 0.15) is 156 Å². The lowest BCUT2D eigenvalue weighted by molar-refractivity contribution is -0.166. The van der Waals surface area contributed by atoms with E-state index in [1.807, 2.05) is 79.0 Å². The van der Waals surface area contributed by atoms with Gasteiger partial charge in [0.2, 0.25) is 0 Å². The normalized spacial score (nSPS) is 13.6. The summed E-state index contributed by atoms with van der Waals surface area (Å²) in [5, 5.41) is 0. The van der Waals surface area contributed by atoms with Crippen LogP contribution in [-0.4, -0.2) is 37.2 Å². The van der Waals surface area contributed by atoms with Gasteiger partial charge < -0.3 is 14.2 Å². The van der Waals surface area contributed by atoms with Crippen LogP contribution in [0, 0.1) is 0 Å². The predicted octanol–water partition coefficient (Wildman–Crippen LogP) is 16.0. The van der Waals surface area contributed by atoms with Crippen molar-refractivity contribution in [2.24, 2.45) is 0 Å².